The lowest BCUT2D eigenvalue weighted by molar-refractivity contribution is -0.137. The SMILES string of the molecule is Cc1[nH]c2ccccc2c1CC(=O)Nc1ccc(Cl)cc1C(F)(F)F. The summed E-state index contributed by atoms with van der Waals surface area (Å²) in [5.74, 6) is -0.527. The largest absolute Gasteiger partial charge is 0.418 e. The monoisotopic (exact) mass is 366 g/mol. The van der Waals surface area contributed by atoms with Crippen molar-refractivity contribution in [3.8, 4) is 0 Å². The van der Waals surface area contributed by atoms with Gasteiger partial charge in [-0.2, -0.15) is 13.2 Å². The van der Waals surface area contributed by atoms with E-state index in [0.29, 0.717) is 0 Å². The zero-order chi connectivity index (χ0) is 18.2. The van der Waals surface area contributed by atoms with Crippen molar-refractivity contribution >= 4 is 34.1 Å². The van der Waals surface area contributed by atoms with Crippen molar-refractivity contribution in [1.82, 2.24) is 4.98 Å². The van der Waals surface area contributed by atoms with Gasteiger partial charge in [-0.1, -0.05) is 29.8 Å². The second-order valence-corrected chi connectivity index (χ2v) is 6.12. The first kappa shape index (κ1) is 17.4. The molecule has 0 saturated carbocycles. The summed E-state index contributed by atoms with van der Waals surface area (Å²) in [7, 11) is 0. The standard InChI is InChI=1S/C18H14ClF3N2O/c1-10-13(12-4-2-3-5-15(12)23-10)9-17(25)24-16-7-6-11(19)8-14(16)18(20,21)22/h2-8,23H,9H2,1H3,(H,24,25). The van der Waals surface area contributed by atoms with Gasteiger partial charge in [0, 0.05) is 21.6 Å². The van der Waals surface area contributed by atoms with Crippen LogP contribution >= 0.6 is 11.6 Å². The number of halogens is 4. The number of aromatic nitrogens is 1. The molecular weight excluding hydrogens is 353 g/mol. The lowest BCUT2D eigenvalue weighted by Gasteiger charge is -2.14. The second kappa shape index (κ2) is 6.44. The molecule has 25 heavy (non-hydrogen) atoms. The number of para-hydroxylation sites is 1. The van der Waals surface area contributed by atoms with Gasteiger partial charge < -0.3 is 10.3 Å². The van der Waals surface area contributed by atoms with Crippen LogP contribution in [0, 0.1) is 6.92 Å². The molecule has 130 valence electrons. The fourth-order valence-electron chi connectivity index (χ4n) is 2.78. The first-order chi connectivity index (χ1) is 11.8. The zero-order valence-electron chi connectivity index (χ0n) is 13.2. The van der Waals surface area contributed by atoms with E-state index in [4.69, 9.17) is 11.6 Å². The summed E-state index contributed by atoms with van der Waals surface area (Å²) in [6.07, 6.45) is -4.64. The van der Waals surface area contributed by atoms with Crippen LogP contribution in [-0.4, -0.2) is 10.9 Å². The number of alkyl halides is 3. The number of amides is 1. The quantitative estimate of drug-likeness (QED) is 0.646. The molecule has 2 aromatic carbocycles. The van der Waals surface area contributed by atoms with Crippen LogP contribution in [0.2, 0.25) is 5.02 Å². The third-order valence-corrected chi connectivity index (χ3v) is 4.16. The number of nitrogens with one attached hydrogen (secondary N) is 2. The summed E-state index contributed by atoms with van der Waals surface area (Å²) in [5, 5.41) is 3.18. The summed E-state index contributed by atoms with van der Waals surface area (Å²) in [6.45, 7) is 1.83. The molecule has 1 aromatic heterocycles. The number of H-pyrrole nitrogens is 1. The van der Waals surface area contributed by atoms with Crippen LogP contribution in [0.1, 0.15) is 16.8 Å². The van der Waals surface area contributed by atoms with E-state index in [2.05, 4.69) is 10.3 Å². The number of fused-ring (bicyclic) bond motifs is 1. The van der Waals surface area contributed by atoms with Crippen LogP contribution in [0.5, 0.6) is 0 Å². The van der Waals surface area contributed by atoms with Crippen molar-refractivity contribution in [2.24, 2.45) is 0 Å². The molecule has 7 heteroatoms. The van der Waals surface area contributed by atoms with Crippen LogP contribution < -0.4 is 5.32 Å². The van der Waals surface area contributed by atoms with Crippen LogP contribution in [0.3, 0.4) is 0 Å². The average molecular weight is 367 g/mol. The van der Waals surface area contributed by atoms with Crippen molar-refractivity contribution in [3.05, 3.63) is 64.3 Å². The summed E-state index contributed by atoms with van der Waals surface area (Å²) >= 11 is 5.64. The molecular formula is C18H14ClF3N2O. The molecule has 0 atom stereocenters. The summed E-state index contributed by atoms with van der Waals surface area (Å²) in [6, 6.07) is 10.7. The van der Waals surface area contributed by atoms with E-state index in [1.165, 1.54) is 6.07 Å². The van der Waals surface area contributed by atoms with Gasteiger partial charge in [0.25, 0.3) is 0 Å². The highest BCUT2D eigenvalue weighted by molar-refractivity contribution is 6.30. The van der Waals surface area contributed by atoms with Crippen molar-refractivity contribution in [2.75, 3.05) is 5.32 Å². The molecule has 0 fully saturated rings. The third-order valence-electron chi connectivity index (χ3n) is 3.93. The molecule has 3 aromatic rings. The Bertz CT molecular complexity index is 947. The Morgan fingerprint density at radius 3 is 2.64 bits per heavy atom. The molecule has 0 saturated heterocycles. The van der Waals surface area contributed by atoms with Crippen molar-refractivity contribution in [1.29, 1.82) is 0 Å². The molecule has 1 amide bonds. The number of anilines is 1. The molecule has 2 N–H and O–H groups in total. The molecule has 0 radical (unpaired) electrons. The normalized spacial score (nSPS) is 11.7. The topological polar surface area (TPSA) is 44.9 Å². The van der Waals surface area contributed by atoms with Crippen molar-refractivity contribution in [2.45, 2.75) is 19.5 Å². The fourth-order valence-corrected chi connectivity index (χ4v) is 2.95. The molecule has 0 aliphatic rings. The Kier molecular flexibility index (Phi) is 4.47. The van der Waals surface area contributed by atoms with Crippen LogP contribution in [0.15, 0.2) is 42.5 Å². The summed E-state index contributed by atoms with van der Waals surface area (Å²) in [4.78, 5) is 15.5. The number of carbonyl (C=O) groups is 1. The van der Waals surface area contributed by atoms with Gasteiger partial charge in [0.05, 0.1) is 17.7 Å². The number of aryl methyl sites for hydroxylation is 1. The summed E-state index contributed by atoms with van der Waals surface area (Å²) in [5.41, 5.74) is 1.17. The smallest absolute Gasteiger partial charge is 0.358 e. The average Bonchev–Trinajstić information content (AvgIpc) is 2.84. The molecule has 0 spiro atoms. The van der Waals surface area contributed by atoms with E-state index >= 15 is 0 Å². The minimum Gasteiger partial charge on any atom is -0.358 e. The molecule has 0 bridgehead atoms. The van der Waals surface area contributed by atoms with E-state index in [0.717, 1.165) is 34.3 Å². The van der Waals surface area contributed by atoms with Gasteiger partial charge in [-0.15, -0.1) is 0 Å². The highest BCUT2D eigenvalue weighted by Gasteiger charge is 2.34. The van der Waals surface area contributed by atoms with Gasteiger partial charge in [0.1, 0.15) is 0 Å². The maximum absolute atomic E-state index is 13.1. The maximum Gasteiger partial charge on any atom is 0.418 e. The molecule has 0 aliphatic heterocycles. The first-order valence-corrected chi connectivity index (χ1v) is 7.86. The maximum atomic E-state index is 13.1. The Hall–Kier alpha value is -2.47. The predicted molar refractivity (Wildman–Crippen MR) is 91.8 cm³/mol. The van der Waals surface area contributed by atoms with E-state index in [1.807, 2.05) is 31.2 Å². The number of hydrogen-bond donors (Lipinski definition) is 2. The van der Waals surface area contributed by atoms with Crippen molar-refractivity contribution in [3.63, 3.8) is 0 Å². The van der Waals surface area contributed by atoms with Gasteiger partial charge >= 0.3 is 6.18 Å². The number of hydrogen-bond acceptors (Lipinski definition) is 1. The van der Waals surface area contributed by atoms with E-state index in [9.17, 15) is 18.0 Å². The van der Waals surface area contributed by atoms with Crippen LogP contribution in [0.25, 0.3) is 10.9 Å². The Balaban J connectivity index is 1.87. The molecule has 3 rings (SSSR count). The molecule has 3 nitrogen and oxygen atoms in total. The first-order valence-electron chi connectivity index (χ1n) is 7.48. The van der Waals surface area contributed by atoms with Gasteiger partial charge in [0.2, 0.25) is 5.91 Å². The number of rotatable bonds is 3. The highest BCUT2D eigenvalue weighted by atomic mass is 35.5. The number of carbonyl (C=O) groups excluding carboxylic acids is 1. The van der Waals surface area contributed by atoms with E-state index in [-0.39, 0.29) is 17.1 Å². The van der Waals surface area contributed by atoms with Gasteiger partial charge in [-0.3, -0.25) is 4.79 Å². The number of benzene rings is 2. The highest BCUT2D eigenvalue weighted by Crippen LogP contribution is 2.36. The molecule has 1 heterocycles. The summed E-state index contributed by atoms with van der Waals surface area (Å²) < 4.78 is 39.3. The predicted octanol–water partition coefficient (Wildman–Crippen LogP) is 5.33. The van der Waals surface area contributed by atoms with Crippen molar-refractivity contribution < 1.29 is 18.0 Å². The lowest BCUT2D eigenvalue weighted by Crippen LogP contribution is -2.18. The lowest BCUT2D eigenvalue weighted by atomic mass is 10.1. The van der Waals surface area contributed by atoms with Crippen LogP contribution in [0.4, 0.5) is 18.9 Å². The molecule has 0 aliphatic carbocycles. The van der Waals surface area contributed by atoms with Gasteiger partial charge in [0.15, 0.2) is 0 Å². The second-order valence-electron chi connectivity index (χ2n) is 5.69. The van der Waals surface area contributed by atoms with Crippen LogP contribution in [-0.2, 0) is 17.4 Å². The third kappa shape index (κ3) is 3.64. The van der Waals surface area contributed by atoms with Gasteiger partial charge in [-0.25, -0.2) is 0 Å². The van der Waals surface area contributed by atoms with E-state index < -0.39 is 17.6 Å². The Morgan fingerprint density at radius 2 is 1.92 bits per heavy atom. The zero-order valence-corrected chi connectivity index (χ0v) is 13.9. The van der Waals surface area contributed by atoms with E-state index in [1.54, 1.807) is 0 Å². The number of aromatic amines is 1. The minimum absolute atomic E-state index is 0.0320. The minimum atomic E-state index is -4.61. The Labute approximate surface area is 146 Å². The molecule has 0 unspecified atom stereocenters. The fraction of sp³-hybridized carbons (Fsp3) is 0.167. The van der Waals surface area contributed by atoms with Gasteiger partial charge in [-0.05, 0) is 36.8 Å². The Morgan fingerprint density at radius 1 is 1.20 bits per heavy atom.